The molecular formula is C11H19NO2. The Hall–Kier alpha value is -0.570. The maximum atomic E-state index is 11.7. The van der Waals surface area contributed by atoms with Gasteiger partial charge in [0.05, 0.1) is 0 Å². The SMILES string of the molecule is CC1CCNC1C(=O)OC1CCCC1. The molecule has 1 aliphatic heterocycles. The van der Waals surface area contributed by atoms with E-state index in [1.165, 1.54) is 12.8 Å². The second-order valence-corrected chi connectivity index (χ2v) is 4.54. The molecule has 1 saturated heterocycles. The van der Waals surface area contributed by atoms with Crippen LogP contribution in [-0.2, 0) is 9.53 Å². The van der Waals surface area contributed by atoms with Crippen LogP contribution in [0.25, 0.3) is 0 Å². The minimum absolute atomic E-state index is 0.0260. The lowest BCUT2D eigenvalue weighted by molar-refractivity contribution is -0.151. The van der Waals surface area contributed by atoms with Crippen molar-refractivity contribution < 1.29 is 9.53 Å². The number of nitrogens with one attached hydrogen (secondary N) is 1. The first-order chi connectivity index (χ1) is 6.77. The van der Waals surface area contributed by atoms with E-state index < -0.39 is 0 Å². The summed E-state index contributed by atoms with van der Waals surface area (Å²) >= 11 is 0. The molecule has 0 aromatic heterocycles. The molecule has 2 unspecified atom stereocenters. The van der Waals surface area contributed by atoms with Crippen LogP contribution < -0.4 is 5.32 Å². The highest BCUT2D eigenvalue weighted by Gasteiger charge is 2.32. The molecule has 2 aliphatic rings. The summed E-state index contributed by atoms with van der Waals surface area (Å²) in [6, 6.07) is -0.0457. The summed E-state index contributed by atoms with van der Waals surface area (Å²) in [7, 11) is 0. The molecule has 2 fully saturated rings. The van der Waals surface area contributed by atoms with E-state index >= 15 is 0 Å². The van der Waals surface area contributed by atoms with Crippen LogP contribution in [0.15, 0.2) is 0 Å². The Labute approximate surface area is 85.2 Å². The van der Waals surface area contributed by atoms with E-state index in [-0.39, 0.29) is 18.1 Å². The molecule has 1 heterocycles. The average molecular weight is 197 g/mol. The second kappa shape index (κ2) is 4.30. The van der Waals surface area contributed by atoms with Gasteiger partial charge in [-0.2, -0.15) is 0 Å². The van der Waals surface area contributed by atoms with Gasteiger partial charge in [-0.3, -0.25) is 4.79 Å². The Kier molecular flexibility index (Phi) is 3.06. The number of esters is 1. The number of hydrogen-bond acceptors (Lipinski definition) is 3. The predicted octanol–water partition coefficient (Wildman–Crippen LogP) is 1.47. The Morgan fingerprint density at radius 1 is 1.29 bits per heavy atom. The molecule has 2 rings (SSSR count). The standard InChI is InChI=1S/C11H19NO2/c1-8-6-7-12-10(8)11(13)14-9-4-2-3-5-9/h8-10,12H,2-7H2,1H3. The van der Waals surface area contributed by atoms with Crippen LogP contribution in [-0.4, -0.2) is 24.7 Å². The van der Waals surface area contributed by atoms with E-state index in [1.807, 2.05) is 0 Å². The molecule has 1 saturated carbocycles. The molecule has 0 radical (unpaired) electrons. The molecule has 1 N–H and O–H groups in total. The molecule has 0 aromatic rings. The molecule has 14 heavy (non-hydrogen) atoms. The van der Waals surface area contributed by atoms with Crippen LogP contribution >= 0.6 is 0 Å². The maximum Gasteiger partial charge on any atom is 0.323 e. The van der Waals surface area contributed by atoms with E-state index in [1.54, 1.807) is 0 Å². The molecule has 0 aromatic carbocycles. The minimum atomic E-state index is -0.0457. The van der Waals surface area contributed by atoms with Gasteiger partial charge in [0.1, 0.15) is 12.1 Å². The summed E-state index contributed by atoms with van der Waals surface area (Å²) in [5.74, 6) is 0.408. The number of ether oxygens (including phenoxy) is 1. The summed E-state index contributed by atoms with van der Waals surface area (Å²) in [5, 5.41) is 3.21. The summed E-state index contributed by atoms with van der Waals surface area (Å²) < 4.78 is 5.46. The Bertz CT molecular complexity index is 211. The van der Waals surface area contributed by atoms with Crippen molar-refractivity contribution in [1.82, 2.24) is 5.32 Å². The van der Waals surface area contributed by atoms with E-state index in [0.29, 0.717) is 5.92 Å². The number of hydrogen-bond donors (Lipinski definition) is 1. The molecule has 0 spiro atoms. The van der Waals surface area contributed by atoms with E-state index in [4.69, 9.17) is 4.74 Å². The third-order valence-corrected chi connectivity index (χ3v) is 3.37. The number of carbonyl (C=O) groups excluding carboxylic acids is 1. The molecular weight excluding hydrogens is 178 g/mol. The van der Waals surface area contributed by atoms with Crippen LogP contribution in [0.4, 0.5) is 0 Å². The van der Waals surface area contributed by atoms with Gasteiger partial charge < -0.3 is 10.1 Å². The topological polar surface area (TPSA) is 38.3 Å². The van der Waals surface area contributed by atoms with Crippen molar-refractivity contribution in [1.29, 1.82) is 0 Å². The van der Waals surface area contributed by atoms with Crippen molar-refractivity contribution >= 4 is 5.97 Å². The highest BCUT2D eigenvalue weighted by molar-refractivity contribution is 5.76. The molecule has 1 aliphatic carbocycles. The van der Waals surface area contributed by atoms with Crippen molar-refractivity contribution in [3.63, 3.8) is 0 Å². The molecule has 0 amide bonds. The maximum absolute atomic E-state index is 11.7. The van der Waals surface area contributed by atoms with Crippen molar-refractivity contribution in [3.8, 4) is 0 Å². The molecule has 3 heteroatoms. The van der Waals surface area contributed by atoms with Gasteiger partial charge in [-0.25, -0.2) is 0 Å². The van der Waals surface area contributed by atoms with Crippen molar-refractivity contribution in [2.45, 2.75) is 51.2 Å². The first-order valence-corrected chi connectivity index (χ1v) is 5.71. The first kappa shape index (κ1) is 9.97. The molecule has 80 valence electrons. The van der Waals surface area contributed by atoms with Gasteiger partial charge in [0.25, 0.3) is 0 Å². The lowest BCUT2D eigenvalue weighted by atomic mass is 10.0. The quantitative estimate of drug-likeness (QED) is 0.681. The van der Waals surface area contributed by atoms with Gasteiger partial charge in [-0.1, -0.05) is 6.92 Å². The van der Waals surface area contributed by atoms with Crippen LogP contribution in [0.1, 0.15) is 39.0 Å². The zero-order valence-electron chi connectivity index (χ0n) is 8.79. The third-order valence-electron chi connectivity index (χ3n) is 3.37. The van der Waals surface area contributed by atoms with Gasteiger partial charge in [-0.05, 0) is 44.6 Å². The van der Waals surface area contributed by atoms with Crippen LogP contribution in [0, 0.1) is 5.92 Å². The van der Waals surface area contributed by atoms with Crippen molar-refractivity contribution in [2.24, 2.45) is 5.92 Å². The van der Waals surface area contributed by atoms with Crippen LogP contribution in [0.5, 0.6) is 0 Å². The monoisotopic (exact) mass is 197 g/mol. The Morgan fingerprint density at radius 2 is 2.00 bits per heavy atom. The highest BCUT2D eigenvalue weighted by atomic mass is 16.5. The lowest BCUT2D eigenvalue weighted by Gasteiger charge is -2.18. The molecule has 0 bridgehead atoms. The van der Waals surface area contributed by atoms with Crippen LogP contribution in [0.3, 0.4) is 0 Å². The molecule has 3 nitrogen and oxygen atoms in total. The fraction of sp³-hybridized carbons (Fsp3) is 0.909. The summed E-state index contributed by atoms with van der Waals surface area (Å²) in [5.41, 5.74) is 0. The fourth-order valence-electron chi connectivity index (χ4n) is 2.39. The predicted molar refractivity (Wildman–Crippen MR) is 53.9 cm³/mol. The number of carbonyl (C=O) groups is 1. The van der Waals surface area contributed by atoms with E-state index in [0.717, 1.165) is 25.8 Å². The minimum Gasteiger partial charge on any atom is -0.461 e. The largest absolute Gasteiger partial charge is 0.461 e. The van der Waals surface area contributed by atoms with Crippen molar-refractivity contribution in [2.75, 3.05) is 6.54 Å². The van der Waals surface area contributed by atoms with Gasteiger partial charge in [-0.15, -0.1) is 0 Å². The van der Waals surface area contributed by atoms with Gasteiger partial charge in [0, 0.05) is 0 Å². The second-order valence-electron chi connectivity index (χ2n) is 4.54. The summed E-state index contributed by atoms with van der Waals surface area (Å²) in [6.07, 6.45) is 5.85. The highest BCUT2D eigenvalue weighted by Crippen LogP contribution is 2.23. The van der Waals surface area contributed by atoms with E-state index in [9.17, 15) is 4.79 Å². The molecule has 2 atom stereocenters. The summed E-state index contributed by atoms with van der Waals surface area (Å²) in [4.78, 5) is 11.7. The first-order valence-electron chi connectivity index (χ1n) is 5.71. The fourth-order valence-corrected chi connectivity index (χ4v) is 2.39. The zero-order valence-corrected chi connectivity index (χ0v) is 8.79. The van der Waals surface area contributed by atoms with Gasteiger partial charge in [0.2, 0.25) is 0 Å². The number of rotatable bonds is 2. The van der Waals surface area contributed by atoms with Gasteiger partial charge in [0.15, 0.2) is 0 Å². The normalized spacial score (nSPS) is 33.5. The average Bonchev–Trinajstić information content (AvgIpc) is 2.75. The summed E-state index contributed by atoms with van der Waals surface area (Å²) in [6.45, 7) is 3.06. The third kappa shape index (κ3) is 2.08. The zero-order chi connectivity index (χ0) is 9.97. The lowest BCUT2D eigenvalue weighted by Crippen LogP contribution is -2.37. The van der Waals surface area contributed by atoms with Crippen molar-refractivity contribution in [3.05, 3.63) is 0 Å². The van der Waals surface area contributed by atoms with E-state index in [2.05, 4.69) is 12.2 Å². The Morgan fingerprint density at radius 3 is 2.57 bits per heavy atom. The Balaban J connectivity index is 1.82. The van der Waals surface area contributed by atoms with Gasteiger partial charge >= 0.3 is 5.97 Å². The smallest absolute Gasteiger partial charge is 0.323 e. The van der Waals surface area contributed by atoms with Crippen LogP contribution in [0.2, 0.25) is 0 Å².